The molecule has 0 saturated heterocycles. The van der Waals surface area contributed by atoms with E-state index < -0.39 is 0 Å². The molecule has 0 aliphatic rings. The van der Waals surface area contributed by atoms with Crippen molar-refractivity contribution in [2.75, 3.05) is 33.9 Å². The second kappa shape index (κ2) is 8.63. The summed E-state index contributed by atoms with van der Waals surface area (Å²) < 4.78 is 4.88. The minimum Gasteiger partial charge on any atom is -0.383 e. The summed E-state index contributed by atoms with van der Waals surface area (Å²) in [6.45, 7) is 2.76. The number of amides is 1. The summed E-state index contributed by atoms with van der Waals surface area (Å²) in [5.41, 5.74) is 7.84. The molecular weight excluding hydrogens is 242 g/mol. The molecule has 1 rings (SSSR count). The Labute approximate surface area is 114 Å². The Morgan fingerprint density at radius 2 is 1.95 bits per heavy atom. The molecule has 1 aromatic carbocycles. The Bertz CT molecular complexity index is 379. The van der Waals surface area contributed by atoms with E-state index in [0.29, 0.717) is 26.2 Å². The van der Waals surface area contributed by atoms with Gasteiger partial charge in [0.25, 0.3) is 0 Å². The molecule has 19 heavy (non-hydrogen) atoms. The third-order valence-electron chi connectivity index (χ3n) is 2.75. The molecule has 0 radical (unpaired) electrons. The molecule has 0 atom stereocenters. The largest absolute Gasteiger partial charge is 0.383 e. The van der Waals surface area contributed by atoms with Crippen LogP contribution in [0.4, 0.5) is 0 Å². The maximum Gasteiger partial charge on any atom is 0.234 e. The minimum absolute atomic E-state index is 0.0122. The van der Waals surface area contributed by atoms with Crippen LogP contribution in [0.3, 0.4) is 0 Å². The van der Waals surface area contributed by atoms with Gasteiger partial charge in [0.05, 0.1) is 13.2 Å². The Hall–Kier alpha value is -1.43. The summed E-state index contributed by atoms with van der Waals surface area (Å²) in [5, 5.41) is 2.80. The van der Waals surface area contributed by atoms with Gasteiger partial charge in [-0.05, 0) is 18.2 Å². The number of benzene rings is 1. The van der Waals surface area contributed by atoms with Crippen LogP contribution in [0.2, 0.25) is 0 Å². The fourth-order valence-corrected chi connectivity index (χ4v) is 1.74. The van der Waals surface area contributed by atoms with Crippen molar-refractivity contribution in [3.8, 4) is 0 Å². The average Bonchev–Trinajstić information content (AvgIpc) is 2.39. The van der Waals surface area contributed by atoms with Crippen LogP contribution in [0.1, 0.15) is 11.1 Å². The van der Waals surface area contributed by atoms with Crippen molar-refractivity contribution in [2.24, 2.45) is 5.73 Å². The van der Waals surface area contributed by atoms with E-state index in [-0.39, 0.29) is 5.91 Å². The van der Waals surface area contributed by atoms with Gasteiger partial charge in [0.15, 0.2) is 0 Å². The Morgan fingerprint density at radius 3 is 2.53 bits per heavy atom. The number of carbonyl (C=O) groups excluding carboxylic acids is 1. The van der Waals surface area contributed by atoms with E-state index in [0.717, 1.165) is 12.1 Å². The van der Waals surface area contributed by atoms with Crippen molar-refractivity contribution in [1.29, 1.82) is 0 Å². The fraction of sp³-hybridized carbons (Fsp3) is 0.500. The predicted molar refractivity (Wildman–Crippen MR) is 75.6 cm³/mol. The van der Waals surface area contributed by atoms with Crippen LogP contribution >= 0.6 is 0 Å². The zero-order chi connectivity index (χ0) is 14.1. The molecule has 0 aromatic heterocycles. The van der Waals surface area contributed by atoms with Crippen molar-refractivity contribution < 1.29 is 9.53 Å². The number of nitrogens with one attached hydrogen (secondary N) is 1. The quantitative estimate of drug-likeness (QED) is 0.665. The van der Waals surface area contributed by atoms with E-state index in [1.165, 1.54) is 5.56 Å². The van der Waals surface area contributed by atoms with Crippen LogP contribution < -0.4 is 11.1 Å². The second-order valence-corrected chi connectivity index (χ2v) is 4.54. The maximum atomic E-state index is 11.6. The van der Waals surface area contributed by atoms with Crippen molar-refractivity contribution in [3.63, 3.8) is 0 Å². The Balaban J connectivity index is 2.33. The standard InChI is InChI=1S/C14H23N3O2/c1-17(11-14(18)16-7-8-19-2)10-13-5-3-12(9-15)4-6-13/h3-6H,7-11,15H2,1-2H3,(H,16,18). The molecule has 0 unspecified atom stereocenters. The van der Waals surface area contributed by atoms with Gasteiger partial charge in [-0.1, -0.05) is 24.3 Å². The molecule has 3 N–H and O–H groups in total. The van der Waals surface area contributed by atoms with Gasteiger partial charge in [-0.3, -0.25) is 9.69 Å². The fourth-order valence-electron chi connectivity index (χ4n) is 1.74. The number of nitrogens with two attached hydrogens (primary N) is 1. The first-order valence-electron chi connectivity index (χ1n) is 6.37. The predicted octanol–water partition coefficient (Wildman–Crippen LogP) is 0.340. The maximum absolute atomic E-state index is 11.6. The number of rotatable bonds is 8. The minimum atomic E-state index is 0.0122. The van der Waals surface area contributed by atoms with Gasteiger partial charge in [-0.15, -0.1) is 0 Å². The molecule has 0 spiro atoms. The molecule has 5 nitrogen and oxygen atoms in total. The summed E-state index contributed by atoms with van der Waals surface area (Å²) in [5.74, 6) is 0.0122. The van der Waals surface area contributed by atoms with Gasteiger partial charge in [-0.25, -0.2) is 0 Å². The van der Waals surface area contributed by atoms with E-state index in [1.54, 1.807) is 7.11 Å². The number of carbonyl (C=O) groups is 1. The topological polar surface area (TPSA) is 67.6 Å². The molecule has 106 valence electrons. The number of ether oxygens (including phenoxy) is 1. The van der Waals surface area contributed by atoms with Gasteiger partial charge in [0.2, 0.25) is 5.91 Å². The molecule has 0 bridgehead atoms. The van der Waals surface area contributed by atoms with Crippen LogP contribution in [-0.4, -0.2) is 44.7 Å². The molecular formula is C14H23N3O2. The number of hydrogen-bond donors (Lipinski definition) is 2. The van der Waals surface area contributed by atoms with Gasteiger partial charge in [-0.2, -0.15) is 0 Å². The van der Waals surface area contributed by atoms with E-state index in [9.17, 15) is 4.79 Å². The first-order chi connectivity index (χ1) is 9.15. The highest BCUT2D eigenvalue weighted by Gasteiger charge is 2.06. The summed E-state index contributed by atoms with van der Waals surface area (Å²) in [6.07, 6.45) is 0. The van der Waals surface area contributed by atoms with Crippen molar-refractivity contribution in [1.82, 2.24) is 10.2 Å². The molecule has 0 saturated carbocycles. The molecule has 0 fully saturated rings. The molecule has 1 amide bonds. The van der Waals surface area contributed by atoms with Crippen LogP contribution in [0.25, 0.3) is 0 Å². The van der Waals surface area contributed by atoms with Crippen LogP contribution in [-0.2, 0) is 22.6 Å². The first kappa shape index (κ1) is 15.6. The average molecular weight is 265 g/mol. The third-order valence-corrected chi connectivity index (χ3v) is 2.75. The summed E-state index contributed by atoms with van der Waals surface area (Å²) in [6, 6.07) is 8.12. The lowest BCUT2D eigenvalue weighted by atomic mass is 10.1. The molecule has 5 heteroatoms. The van der Waals surface area contributed by atoms with Crippen LogP contribution in [0.5, 0.6) is 0 Å². The Kier molecular flexibility index (Phi) is 7.10. The van der Waals surface area contributed by atoms with Gasteiger partial charge < -0.3 is 15.8 Å². The van der Waals surface area contributed by atoms with E-state index >= 15 is 0 Å². The number of nitrogens with zero attached hydrogens (tertiary/aromatic N) is 1. The highest BCUT2D eigenvalue weighted by molar-refractivity contribution is 5.77. The Morgan fingerprint density at radius 1 is 1.32 bits per heavy atom. The SMILES string of the molecule is COCCNC(=O)CN(C)Cc1ccc(CN)cc1. The molecule has 0 heterocycles. The van der Waals surface area contributed by atoms with Crippen LogP contribution in [0, 0.1) is 0 Å². The lowest BCUT2D eigenvalue weighted by Gasteiger charge is -2.16. The van der Waals surface area contributed by atoms with Crippen molar-refractivity contribution in [2.45, 2.75) is 13.1 Å². The number of likely N-dealkylation sites (N-methyl/N-ethyl adjacent to an activating group) is 1. The van der Waals surface area contributed by atoms with E-state index in [1.807, 2.05) is 36.2 Å². The van der Waals surface area contributed by atoms with Crippen molar-refractivity contribution >= 4 is 5.91 Å². The zero-order valence-electron chi connectivity index (χ0n) is 11.7. The zero-order valence-corrected chi connectivity index (χ0v) is 11.7. The summed E-state index contributed by atoms with van der Waals surface area (Å²) in [4.78, 5) is 13.6. The lowest BCUT2D eigenvalue weighted by molar-refractivity contribution is -0.122. The van der Waals surface area contributed by atoms with Gasteiger partial charge >= 0.3 is 0 Å². The second-order valence-electron chi connectivity index (χ2n) is 4.54. The molecule has 0 aliphatic heterocycles. The monoisotopic (exact) mass is 265 g/mol. The highest BCUT2D eigenvalue weighted by atomic mass is 16.5. The third kappa shape index (κ3) is 6.33. The number of methoxy groups -OCH3 is 1. The van der Waals surface area contributed by atoms with Gasteiger partial charge in [0, 0.05) is 26.7 Å². The first-order valence-corrected chi connectivity index (χ1v) is 6.37. The normalized spacial score (nSPS) is 10.7. The smallest absolute Gasteiger partial charge is 0.234 e. The highest BCUT2D eigenvalue weighted by Crippen LogP contribution is 2.06. The van der Waals surface area contributed by atoms with E-state index in [4.69, 9.17) is 10.5 Å². The summed E-state index contributed by atoms with van der Waals surface area (Å²) in [7, 11) is 3.54. The summed E-state index contributed by atoms with van der Waals surface area (Å²) >= 11 is 0. The number of hydrogen-bond acceptors (Lipinski definition) is 4. The van der Waals surface area contributed by atoms with Crippen LogP contribution in [0.15, 0.2) is 24.3 Å². The molecule has 0 aliphatic carbocycles. The van der Waals surface area contributed by atoms with E-state index in [2.05, 4.69) is 5.32 Å². The molecule has 1 aromatic rings. The lowest BCUT2D eigenvalue weighted by Crippen LogP contribution is -2.36. The van der Waals surface area contributed by atoms with Crippen molar-refractivity contribution in [3.05, 3.63) is 35.4 Å². The van der Waals surface area contributed by atoms with Gasteiger partial charge in [0.1, 0.15) is 0 Å².